The summed E-state index contributed by atoms with van der Waals surface area (Å²) in [4.78, 5) is 58.7. The topological polar surface area (TPSA) is 229 Å². The molecule has 1 rings (SSSR count). The predicted octanol–water partition coefficient (Wildman–Crippen LogP) is 3.26. The largest absolute Gasteiger partial charge is 1.00 e. The molecule has 0 amide bonds. The quantitative estimate of drug-likeness (QED) is 0.0464. The van der Waals surface area contributed by atoms with Gasteiger partial charge in [0.15, 0.2) is 11.8 Å². The van der Waals surface area contributed by atoms with Crippen LogP contribution in [-0.2, 0) is 47.7 Å². The molecule has 0 spiro atoms. The van der Waals surface area contributed by atoms with Gasteiger partial charge in [-0.2, -0.15) is 15.8 Å². The fourth-order valence-corrected chi connectivity index (χ4v) is 4.88. The molecule has 0 bridgehead atoms. The van der Waals surface area contributed by atoms with Crippen molar-refractivity contribution in [2.75, 3.05) is 33.0 Å². The zero-order valence-corrected chi connectivity index (χ0v) is 35.6. The van der Waals surface area contributed by atoms with E-state index in [4.69, 9.17) is 39.5 Å². The second kappa shape index (κ2) is 30.7. The van der Waals surface area contributed by atoms with E-state index in [9.17, 15) is 24.0 Å². The van der Waals surface area contributed by atoms with Crippen molar-refractivity contribution in [1.82, 2.24) is 0 Å². The Morgan fingerprint density at radius 2 is 0.736 bits per heavy atom. The van der Waals surface area contributed by atoms with Gasteiger partial charge in [-0.1, -0.05) is 41.5 Å². The number of carbonyl (C=O) groups excluding carboxylic acids is 5. The van der Waals surface area contributed by atoms with Crippen LogP contribution in [0.2, 0.25) is 0 Å². The maximum atomic E-state index is 11.8. The van der Waals surface area contributed by atoms with Crippen molar-refractivity contribution in [3.05, 3.63) is 5.96 Å². The van der Waals surface area contributed by atoms with Crippen molar-refractivity contribution in [2.45, 2.75) is 101 Å². The average molecular weight is 760 g/mol. The molecule has 2 unspecified atom stereocenters. The summed E-state index contributed by atoms with van der Waals surface area (Å²) in [5.74, 6) is -7.10. The Balaban J connectivity index is -0.000000702. The van der Waals surface area contributed by atoms with E-state index in [1.807, 2.05) is 53.7 Å². The summed E-state index contributed by atoms with van der Waals surface area (Å²) < 4.78 is 33.4. The van der Waals surface area contributed by atoms with Gasteiger partial charge in [-0.05, 0) is 71.6 Å². The van der Waals surface area contributed by atoms with Crippen molar-refractivity contribution >= 4 is 29.8 Å². The molecule has 0 radical (unpaired) electrons. The Morgan fingerprint density at radius 3 is 0.943 bits per heavy atom. The molecule has 0 N–H and O–H groups in total. The molecule has 1 heterocycles. The van der Waals surface area contributed by atoms with E-state index >= 15 is 0 Å². The number of hydrogen-bond donors (Lipinski definition) is 0. The van der Waals surface area contributed by atoms with Gasteiger partial charge in [0.1, 0.15) is 0 Å². The van der Waals surface area contributed by atoms with Gasteiger partial charge in [-0.3, -0.25) is 24.0 Å². The Labute approximate surface area is 336 Å². The van der Waals surface area contributed by atoms with Gasteiger partial charge in [0.05, 0.1) is 69.0 Å². The molecule has 15 nitrogen and oxygen atoms in total. The summed E-state index contributed by atoms with van der Waals surface area (Å²) in [5.41, 5.74) is 0. The van der Waals surface area contributed by atoms with E-state index in [1.165, 1.54) is 0 Å². The molecule has 16 heteroatoms. The van der Waals surface area contributed by atoms with Gasteiger partial charge >= 0.3 is 53.4 Å². The van der Waals surface area contributed by atoms with Gasteiger partial charge in [-0.25, -0.2) is 0 Å². The summed E-state index contributed by atoms with van der Waals surface area (Å²) in [5, 5.41) is 27.3. The van der Waals surface area contributed by atoms with Gasteiger partial charge in [-0.15, -0.1) is 0 Å². The maximum absolute atomic E-state index is 11.8. The van der Waals surface area contributed by atoms with Crippen LogP contribution in [0.4, 0.5) is 0 Å². The van der Waals surface area contributed by atoms with E-state index in [-0.39, 0.29) is 80.4 Å². The van der Waals surface area contributed by atoms with E-state index in [0.29, 0.717) is 25.2 Å². The molecule has 1 aromatic heterocycles. The Kier molecular flexibility index (Phi) is 31.1. The van der Waals surface area contributed by atoms with Crippen LogP contribution in [-0.4, -0.2) is 62.9 Å². The van der Waals surface area contributed by atoms with Crippen molar-refractivity contribution in [1.29, 1.82) is 15.8 Å². The van der Waals surface area contributed by atoms with Crippen LogP contribution in [0.3, 0.4) is 0 Å². The van der Waals surface area contributed by atoms with Crippen molar-refractivity contribution in [3.8, 4) is 18.2 Å². The molecule has 0 fully saturated rings. The van der Waals surface area contributed by atoms with E-state index in [1.54, 1.807) is 34.6 Å². The van der Waals surface area contributed by atoms with Gasteiger partial charge in [0.2, 0.25) is 0 Å². The third kappa shape index (κ3) is 22.2. The van der Waals surface area contributed by atoms with Crippen molar-refractivity contribution < 1.29 is 86.4 Å². The van der Waals surface area contributed by atoms with Gasteiger partial charge < -0.3 is 32.8 Å². The molecule has 4 atom stereocenters. The number of rotatable bonds is 20. The molecule has 0 aromatic carbocycles. The van der Waals surface area contributed by atoms with Crippen molar-refractivity contribution in [3.63, 3.8) is 0 Å². The molecular formula is C37H58N3NaO12. The first kappa shape index (κ1) is 53.6. The van der Waals surface area contributed by atoms with E-state index in [2.05, 4.69) is 15.2 Å². The van der Waals surface area contributed by atoms with Crippen LogP contribution in [0.5, 0.6) is 0 Å². The molecular weight excluding hydrogens is 701 g/mol. The molecule has 0 aliphatic heterocycles. The normalized spacial score (nSPS) is 12.6. The fraction of sp³-hybridized carbons (Fsp3) is 0.757. The minimum absolute atomic E-state index is 0. The van der Waals surface area contributed by atoms with Crippen molar-refractivity contribution in [2.24, 2.45) is 47.3 Å². The van der Waals surface area contributed by atoms with E-state index in [0.717, 1.165) is 0 Å². The predicted molar refractivity (Wildman–Crippen MR) is 185 cm³/mol. The van der Waals surface area contributed by atoms with Crippen LogP contribution in [0.15, 0.2) is 9.15 Å². The number of esters is 5. The SMILES string of the molecule is CCOC(=O)C(C(=O)OCC)C(C#N)CC(C)C.CCOC(=O)C(C(=O)OCC)[C@H](C#N)CC(C)C.CCOC(=O)C([c-]1oo1)[C@@H](C#N)CC(C)C.[Na+]. The minimum Gasteiger partial charge on any atom is -0.467 e. The summed E-state index contributed by atoms with van der Waals surface area (Å²) >= 11 is 0. The molecule has 53 heavy (non-hydrogen) atoms. The summed E-state index contributed by atoms with van der Waals surface area (Å²) in [6.45, 7) is 21.0. The second-order valence-electron chi connectivity index (χ2n) is 12.8. The van der Waals surface area contributed by atoms with Crippen LogP contribution >= 0.6 is 0 Å². The first-order valence-corrected chi connectivity index (χ1v) is 17.8. The number of nitriles is 3. The molecule has 0 aliphatic rings. The molecule has 1 aromatic rings. The standard InChI is InChI=1S/2C13H21NO4.C11H16NO4.Na/c2*1-5-17-12(15)11(13(16)18-6-2)10(8-14)7-9(3)4;1-4-14-10(13)9(11-15-16-11)8(6-12)5-7(2)3;/h2*9-11H,5-7H2,1-4H3;7-9H,4-5H2,1-3H3;/q;;-1;+1/t10-;;8-,9?;/m0.1./s1. The van der Waals surface area contributed by atoms with Gasteiger partial charge in [0, 0.05) is 11.8 Å². The first-order chi connectivity index (χ1) is 24.5. The minimum atomic E-state index is -1.14. The first-order valence-electron chi connectivity index (χ1n) is 17.8. The zero-order valence-electron chi connectivity index (χ0n) is 33.6. The second-order valence-corrected chi connectivity index (χ2v) is 12.8. The van der Waals surface area contributed by atoms with Crippen LogP contribution in [0.25, 0.3) is 0 Å². The number of nitrogens with zero attached hydrogens (tertiary/aromatic N) is 3. The summed E-state index contributed by atoms with van der Waals surface area (Å²) in [7, 11) is 0. The smallest absolute Gasteiger partial charge is 0.467 e. The third-order valence-corrected chi connectivity index (χ3v) is 7.02. The molecule has 0 saturated heterocycles. The van der Waals surface area contributed by atoms with E-state index < -0.39 is 65.4 Å². The number of carbonyl (C=O) groups is 5. The number of hydrogen-bond acceptors (Lipinski definition) is 15. The average Bonchev–Trinajstić information content (AvgIpc) is 3.89. The molecule has 0 saturated carbocycles. The van der Waals surface area contributed by atoms with Crippen LogP contribution in [0, 0.1) is 81.3 Å². The Bertz CT molecular complexity index is 1200. The third-order valence-electron chi connectivity index (χ3n) is 7.02. The number of ether oxygens (including phenoxy) is 5. The maximum Gasteiger partial charge on any atom is 1.00 e. The molecule has 0 aliphatic carbocycles. The summed E-state index contributed by atoms with van der Waals surface area (Å²) in [6.07, 6.45) is 1.52. The van der Waals surface area contributed by atoms with Gasteiger partial charge in [0.25, 0.3) is 5.97 Å². The van der Waals surface area contributed by atoms with Crippen LogP contribution in [0.1, 0.15) is 107 Å². The van der Waals surface area contributed by atoms with Crippen LogP contribution < -0.4 is 29.6 Å². The zero-order chi connectivity index (χ0) is 40.4. The molecule has 294 valence electrons. The summed E-state index contributed by atoms with van der Waals surface area (Å²) in [6, 6.07) is 6.13. The Morgan fingerprint density at radius 1 is 0.491 bits per heavy atom. The Hall–Kier alpha value is -3.71. The fourth-order valence-electron chi connectivity index (χ4n) is 4.88. The monoisotopic (exact) mass is 759 g/mol.